The lowest BCUT2D eigenvalue weighted by molar-refractivity contribution is -0.120. The number of hydrogen-bond acceptors (Lipinski definition) is 3. The fraction of sp³-hybridized carbons (Fsp3) is 0.556. The van der Waals surface area contributed by atoms with Crippen molar-refractivity contribution in [3.8, 4) is 0 Å². The van der Waals surface area contributed by atoms with Crippen molar-refractivity contribution in [2.75, 3.05) is 5.32 Å². The van der Waals surface area contributed by atoms with Gasteiger partial charge in [0.15, 0.2) is 0 Å². The molecule has 4 atom stereocenters. The number of carbonyl (C=O) groups is 2. The van der Waals surface area contributed by atoms with Crippen LogP contribution in [0.3, 0.4) is 0 Å². The molecule has 0 aromatic carbocycles. The second-order valence-electron chi connectivity index (χ2n) is 7.30. The van der Waals surface area contributed by atoms with Crippen molar-refractivity contribution in [2.45, 2.75) is 39.0 Å². The van der Waals surface area contributed by atoms with Gasteiger partial charge in [0.25, 0.3) is 5.91 Å². The van der Waals surface area contributed by atoms with Gasteiger partial charge in [-0.25, -0.2) is 0 Å². The molecule has 1 aromatic heterocycles. The van der Waals surface area contributed by atoms with Crippen LogP contribution in [0, 0.1) is 23.7 Å². The summed E-state index contributed by atoms with van der Waals surface area (Å²) in [4.78, 5) is 25.8. The Balaban J connectivity index is 1.60. The number of allylic oxidation sites excluding steroid dienone is 2. The number of fused-ring (bicyclic) bond motifs is 3. The molecule has 1 heterocycles. The van der Waals surface area contributed by atoms with E-state index in [1.54, 1.807) is 11.3 Å². The minimum Gasteiger partial charge on any atom is -0.365 e. The van der Waals surface area contributed by atoms with Gasteiger partial charge in [-0.2, -0.15) is 0 Å². The van der Waals surface area contributed by atoms with Gasteiger partial charge in [-0.15, -0.1) is 11.3 Å². The lowest BCUT2D eigenvalue weighted by Crippen LogP contribution is -2.27. The maximum atomic E-state index is 12.7. The van der Waals surface area contributed by atoms with Gasteiger partial charge in [0.05, 0.1) is 5.56 Å². The van der Waals surface area contributed by atoms with Crippen LogP contribution in [0.2, 0.25) is 0 Å². The number of primary amides is 1. The van der Waals surface area contributed by atoms with Gasteiger partial charge in [-0.1, -0.05) is 19.1 Å². The van der Waals surface area contributed by atoms with Crippen LogP contribution in [0.25, 0.3) is 0 Å². The average Bonchev–Trinajstić information content (AvgIpc) is 3.18. The number of nitrogens with one attached hydrogen (secondary N) is 1. The monoisotopic (exact) mass is 330 g/mol. The number of thiophene rings is 1. The van der Waals surface area contributed by atoms with Gasteiger partial charge in [0.2, 0.25) is 5.91 Å². The largest absolute Gasteiger partial charge is 0.365 e. The highest BCUT2D eigenvalue weighted by Gasteiger charge is 2.40. The van der Waals surface area contributed by atoms with E-state index in [1.807, 2.05) is 0 Å². The number of amides is 2. The van der Waals surface area contributed by atoms with Gasteiger partial charge in [0, 0.05) is 10.8 Å². The second kappa shape index (κ2) is 5.48. The smallest absolute Gasteiger partial charge is 0.251 e. The Labute approximate surface area is 140 Å². The van der Waals surface area contributed by atoms with Crippen LogP contribution < -0.4 is 11.1 Å². The first kappa shape index (κ1) is 14.9. The van der Waals surface area contributed by atoms with E-state index >= 15 is 0 Å². The zero-order chi connectivity index (χ0) is 16.1. The zero-order valence-corrected chi connectivity index (χ0v) is 14.1. The molecular weight excluding hydrogens is 308 g/mol. The Kier molecular flexibility index (Phi) is 3.56. The number of hydrogen-bond donors (Lipinski definition) is 2. The molecule has 4 nitrogen and oxygen atoms in total. The molecule has 23 heavy (non-hydrogen) atoms. The van der Waals surface area contributed by atoms with Crippen molar-refractivity contribution in [2.24, 2.45) is 29.4 Å². The van der Waals surface area contributed by atoms with Gasteiger partial charge >= 0.3 is 0 Å². The first-order valence-electron chi connectivity index (χ1n) is 8.46. The van der Waals surface area contributed by atoms with Crippen LogP contribution >= 0.6 is 11.3 Å². The molecule has 5 heteroatoms. The van der Waals surface area contributed by atoms with Gasteiger partial charge in [0.1, 0.15) is 5.00 Å². The highest BCUT2D eigenvalue weighted by molar-refractivity contribution is 7.17. The molecule has 3 aliphatic rings. The number of nitrogens with two attached hydrogens (primary N) is 1. The van der Waals surface area contributed by atoms with Crippen LogP contribution in [-0.2, 0) is 17.6 Å². The van der Waals surface area contributed by atoms with Crippen molar-refractivity contribution in [3.05, 3.63) is 28.2 Å². The quantitative estimate of drug-likeness (QED) is 0.836. The van der Waals surface area contributed by atoms with Gasteiger partial charge in [-0.3, -0.25) is 9.59 Å². The van der Waals surface area contributed by atoms with E-state index in [1.165, 1.54) is 4.88 Å². The van der Waals surface area contributed by atoms with Crippen LogP contribution in [0.1, 0.15) is 47.0 Å². The van der Waals surface area contributed by atoms with Crippen LogP contribution in [-0.4, -0.2) is 11.8 Å². The average molecular weight is 330 g/mol. The summed E-state index contributed by atoms with van der Waals surface area (Å²) in [5, 5.41) is 3.71. The molecule has 4 rings (SSSR count). The lowest BCUT2D eigenvalue weighted by Gasteiger charge is -2.18. The van der Waals surface area contributed by atoms with Crippen molar-refractivity contribution in [1.29, 1.82) is 0 Å². The van der Waals surface area contributed by atoms with E-state index in [4.69, 9.17) is 5.73 Å². The number of carbonyl (C=O) groups excluding carboxylic acids is 2. The van der Waals surface area contributed by atoms with Gasteiger partial charge in [-0.05, 0) is 55.4 Å². The maximum absolute atomic E-state index is 12.7. The topological polar surface area (TPSA) is 72.2 Å². The Bertz CT molecular complexity index is 706. The number of rotatable bonds is 3. The predicted molar refractivity (Wildman–Crippen MR) is 91.5 cm³/mol. The standard InChI is InChI=1S/C18H22N2O2S/c1-9-2-5-12-14(6-9)23-18(15(12)16(19)21)20-17(22)13-8-10-3-4-11(13)7-10/h3-4,9-11,13H,2,5-8H2,1H3,(H2,19,21)(H,20,22)/t9-,10-,11-,13-/m0/s1. The van der Waals surface area contributed by atoms with Crippen molar-refractivity contribution < 1.29 is 9.59 Å². The summed E-state index contributed by atoms with van der Waals surface area (Å²) in [6, 6.07) is 0. The van der Waals surface area contributed by atoms with Crippen molar-refractivity contribution >= 4 is 28.2 Å². The second-order valence-corrected chi connectivity index (χ2v) is 8.40. The zero-order valence-electron chi connectivity index (χ0n) is 13.3. The molecule has 3 N–H and O–H groups in total. The van der Waals surface area contributed by atoms with E-state index < -0.39 is 5.91 Å². The molecule has 1 fully saturated rings. The summed E-state index contributed by atoms with van der Waals surface area (Å²) < 4.78 is 0. The minimum absolute atomic E-state index is 0.0452. The third-order valence-corrected chi connectivity index (χ3v) is 6.78. The molecule has 1 saturated carbocycles. The van der Waals surface area contributed by atoms with Gasteiger partial charge < -0.3 is 11.1 Å². The molecule has 0 radical (unpaired) electrons. The summed E-state index contributed by atoms with van der Waals surface area (Å²) in [5.74, 6) is 1.23. The maximum Gasteiger partial charge on any atom is 0.251 e. The summed E-state index contributed by atoms with van der Waals surface area (Å²) in [5.41, 5.74) is 7.24. The minimum atomic E-state index is -0.416. The Hall–Kier alpha value is -1.62. The third-order valence-electron chi connectivity index (χ3n) is 5.61. The molecule has 0 unspecified atom stereocenters. The summed E-state index contributed by atoms with van der Waals surface area (Å²) in [7, 11) is 0. The fourth-order valence-electron chi connectivity index (χ4n) is 4.39. The molecule has 0 aliphatic heterocycles. The van der Waals surface area contributed by atoms with Crippen LogP contribution in [0.4, 0.5) is 5.00 Å². The van der Waals surface area contributed by atoms with E-state index in [0.717, 1.165) is 37.7 Å². The van der Waals surface area contributed by atoms with Crippen LogP contribution in [0.5, 0.6) is 0 Å². The SMILES string of the molecule is C[C@H]1CCc2c(sc(NC(=O)[C@H]3C[C@H]4C=C[C@H]3C4)c2C(N)=O)C1. The summed E-state index contributed by atoms with van der Waals surface area (Å²) in [6.07, 6.45) is 9.38. The molecule has 1 aromatic rings. The Morgan fingerprint density at radius 3 is 2.78 bits per heavy atom. The molecule has 2 amide bonds. The normalized spacial score (nSPS) is 31.2. The molecule has 122 valence electrons. The van der Waals surface area contributed by atoms with E-state index in [0.29, 0.717) is 28.3 Å². The third kappa shape index (κ3) is 2.51. The molecule has 3 aliphatic carbocycles. The summed E-state index contributed by atoms with van der Waals surface area (Å²) >= 11 is 1.55. The fourth-order valence-corrected chi connectivity index (χ4v) is 5.81. The van der Waals surface area contributed by atoms with E-state index in [9.17, 15) is 9.59 Å². The van der Waals surface area contributed by atoms with E-state index in [2.05, 4.69) is 24.4 Å². The van der Waals surface area contributed by atoms with Crippen molar-refractivity contribution in [1.82, 2.24) is 0 Å². The van der Waals surface area contributed by atoms with E-state index in [-0.39, 0.29) is 11.8 Å². The first-order chi connectivity index (χ1) is 11.0. The van der Waals surface area contributed by atoms with Crippen LogP contribution in [0.15, 0.2) is 12.2 Å². The predicted octanol–water partition coefficient (Wildman–Crippen LogP) is 3.12. The lowest BCUT2D eigenvalue weighted by atomic mass is 9.88. The summed E-state index contributed by atoms with van der Waals surface area (Å²) in [6.45, 7) is 2.23. The first-order valence-corrected chi connectivity index (χ1v) is 9.28. The molecular formula is C18H22N2O2S. The molecule has 2 bridgehead atoms. The highest BCUT2D eigenvalue weighted by atomic mass is 32.1. The van der Waals surface area contributed by atoms with Crippen molar-refractivity contribution in [3.63, 3.8) is 0 Å². The molecule has 0 saturated heterocycles. The Morgan fingerprint density at radius 1 is 1.30 bits per heavy atom. The molecule has 0 spiro atoms. The Morgan fingerprint density at radius 2 is 2.13 bits per heavy atom. The highest BCUT2D eigenvalue weighted by Crippen LogP contribution is 2.45. The number of anilines is 1.